The van der Waals surface area contributed by atoms with Crippen molar-refractivity contribution in [3.8, 4) is 11.1 Å². The fraction of sp³-hybridized carbons (Fsp3) is 0.381. The predicted octanol–water partition coefficient (Wildman–Crippen LogP) is 3.59. The summed E-state index contributed by atoms with van der Waals surface area (Å²) in [5.74, 6) is -0.701. The van der Waals surface area contributed by atoms with Crippen molar-refractivity contribution in [3.05, 3.63) is 52.8 Å². The summed E-state index contributed by atoms with van der Waals surface area (Å²) < 4.78 is 41.6. The SMILES string of the molecule is CO/N=C1\CC(CO)N(C(=O)c2cc(C(F)(F)F)c(-c3cccc(C)c3C)cn2)C1. The van der Waals surface area contributed by atoms with Gasteiger partial charge in [-0.25, -0.2) is 0 Å². The molecule has 0 bridgehead atoms. The molecule has 2 aromatic rings. The molecule has 3 rings (SSSR count). The summed E-state index contributed by atoms with van der Waals surface area (Å²) in [5.41, 5.74) is 1.15. The van der Waals surface area contributed by atoms with Gasteiger partial charge >= 0.3 is 6.18 Å². The summed E-state index contributed by atoms with van der Waals surface area (Å²) in [4.78, 5) is 22.9. The van der Waals surface area contributed by atoms with Gasteiger partial charge in [-0.1, -0.05) is 23.4 Å². The first-order chi connectivity index (χ1) is 14.2. The van der Waals surface area contributed by atoms with Crippen molar-refractivity contribution in [2.24, 2.45) is 5.16 Å². The topological polar surface area (TPSA) is 75.0 Å². The van der Waals surface area contributed by atoms with E-state index in [0.29, 0.717) is 16.8 Å². The molecule has 0 spiro atoms. The molecule has 1 amide bonds. The van der Waals surface area contributed by atoms with Crippen LogP contribution in [0.25, 0.3) is 11.1 Å². The molecule has 1 aromatic carbocycles. The highest BCUT2D eigenvalue weighted by Crippen LogP contribution is 2.39. The lowest BCUT2D eigenvalue weighted by Gasteiger charge is -2.23. The van der Waals surface area contributed by atoms with Crippen LogP contribution in [-0.4, -0.2) is 52.9 Å². The summed E-state index contributed by atoms with van der Waals surface area (Å²) in [5, 5.41) is 13.3. The Balaban J connectivity index is 2.05. The van der Waals surface area contributed by atoms with Crippen molar-refractivity contribution in [1.29, 1.82) is 0 Å². The number of carbonyl (C=O) groups is 1. The predicted molar refractivity (Wildman–Crippen MR) is 105 cm³/mol. The van der Waals surface area contributed by atoms with E-state index in [0.717, 1.165) is 17.8 Å². The second-order valence-electron chi connectivity index (χ2n) is 7.17. The number of aliphatic hydroxyl groups is 1. The average Bonchev–Trinajstić information content (AvgIpc) is 3.12. The van der Waals surface area contributed by atoms with Crippen LogP contribution in [-0.2, 0) is 11.0 Å². The molecule has 1 saturated heterocycles. The van der Waals surface area contributed by atoms with E-state index in [-0.39, 0.29) is 30.8 Å². The third-order valence-corrected chi connectivity index (χ3v) is 5.28. The van der Waals surface area contributed by atoms with E-state index in [1.54, 1.807) is 19.1 Å². The maximum atomic E-state index is 13.9. The Kier molecular flexibility index (Phi) is 6.12. The van der Waals surface area contributed by atoms with Gasteiger partial charge in [0.25, 0.3) is 5.91 Å². The number of rotatable bonds is 4. The Bertz CT molecular complexity index is 989. The molecule has 1 N–H and O–H groups in total. The van der Waals surface area contributed by atoms with Crippen LogP contribution >= 0.6 is 0 Å². The molecule has 0 aliphatic carbocycles. The van der Waals surface area contributed by atoms with Crippen LogP contribution in [0.2, 0.25) is 0 Å². The molecule has 1 aliphatic heterocycles. The summed E-state index contributed by atoms with van der Waals surface area (Å²) >= 11 is 0. The van der Waals surface area contributed by atoms with E-state index >= 15 is 0 Å². The number of likely N-dealkylation sites (tertiary alicyclic amines) is 1. The summed E-state index contributed by atoms with van der Waals surface area (Å²) in [6, 6.07) is 5.29. The van der Waals surface area contributed by atoms with Gasteiger partial charge < -0.3 is 14.8 Å². The maximum Gasteiger partial charge on any atom is 0.417 e. The second kappa shape index (κ2) is 8.43. The minimum atomic E-state index is -4.67. The van der Waals surface area contributed by atoms with Crippen LogP contribution < -0.4 is 0 Å². The number of amides is 1. The highest BCUT2D eigenvalue weighted by Gasteiger charge is 2.38. The fourth-order valence-electron chi connectivity index (χ4n) is 3.58. The molecule has 1 fully saturated rings. The van der Waals surface area contributed by atoms with Crippen LogP contribution in [0.15, 0.2) is 35.6 Å². The number of aromatic nitrogens is 1. The molecular weight excluding hydrogens is 399 g/mol. The minimum absolute atomic E-state index is 0.0552. The van der Waals surface area contributed by atoms with E-state index in [1.165, 1.54) is 12.0 Å². The Morgan fingerprint density at radius 1 is 1.33 bits per heavy atom. The van der Waals surface area contributed by atoms with Gasteiger partial charge in [0, 0.05) is 18.2 Å². The molecule has 9 heteroatoms. The van der Waals surface area contributed by atoms with Crippen LogP contribution in [0.5, 0.6) is 0 Å². The molecular formula is C21H22F3N3O3. The van der Waals surface area contributed by atoms with Crippen LogP contribution in [0.1, 0.15) is 33.6 Å². The van der Waals surface area contributed by atoms with Gasteiger partial charge in [0.2, 0.25) is 0 Å². The molecule has 1 unspecified atom stereocenters. The number of hydrogen-bond acceptors (Lipinski definition) is 5. The average molecular weight is 421 g/mol. The summed E-state index contributed by atoms with van der Waals surface area (Å²) in [6.07, 6.45) is -3.30. The Labute approximate surface area is 172 Å². The highest BCUT2D eigenvalue weighted by molar-refractivity contribution is 5.99. The Morgan fingerprint density at radius 2 is 2.07 bits per heavy atom. The zero-order valence-electron chi connectivity index (χ0n) is 16.8. The van der Waals surface area contributed by atoms with Crippen LogP contribution in [0.3, 0.4) is 0 Å². The molecule has 0 radical (unpaired) electrons. The van der Waals surface area contributed by atoms with E-state index < -0.39 is 23.7 Å². The van der Waals surface area contributed by atoms with Crippen LogP contribution in [0.4, 0.5) is 13.2 Å². The van der Waals surface area contributed by atoms with Gasteiger partial charge in [-0.3, -0.25) is 9.78 Å². The molecule has 30 heavy (non-hydrogen) atoms. The number of nitrogens with zero attached hydrogens (tertiary/aromatic N) is 3. The van der Waals surface area contributed by atoms with Crippen molar-refractivity contribution in [1.82, 2.24) is 9.88 Å². The molecule has 1 aliphatic rings. The van der Waals surface area contributed by atoms with Gasteiger partial charge in [0.1, 0.15) is 12.8 Å². The maximum absolute atomic E-state index is 13.9. The third-order valence-electron chi connectivity index (χ3n) is 5.28. The number of benzene rings is 1. The van der Waals surface area contributed by atoms with Gasteiger partial charge in [0.05, 0.1) is 30.5 Å². The monoisotopic (exact) mass is 421 g/mol. The smallest absolute Gasteiger partial charge is 0.399 e. The number of aryl methyl sites for hydroxylation is 1. The number of aliphatic hydroxyl groups excluding tert-OH is 1. The highest BCUT2D eigenvalue weighted by atomic mass is 19.4. The first-order valence-corrected chi connectivity index (χ1v) is 9.32. The van der Waals surface area contributed by atoms with Crippen molar-refractivity contribution < 1.29 is 27.9 Å². The lowest BCUT2D eigenvalue weighted by molar-refractivity contribution is -0.137. The second-order valence-corrected chi connectivity index (χ2v) is 7.17. The number of pyridine rings is 1. The van der Waals surface area contributed by atoms with Crippen molar-refractivity contribution in [3.63, 3.8) is 0 Å². The van der Waals surface area contributed by atoms with Gasteiger partial charge in [0.15, 0.2) is 0 Å². The Hall–Kier alpha value is -2.94. The zero-order chi connectivity index (χ0) is 22.1. The molecule has 2 heterocycles. The summed E-state index contributed by atoms with van der Waals surface area (Å²) in [6.45, 7) is 3.27. The number of oxime groups is 1. The largest absolute Gasteiger partial charge is 0.417 e. The van der Waals surface area contributed by atoms with Crippen LogP contribution in [0, 0.1) is 13.8 Å². The van der Waals surface area contributed by atoms with Crippen molar-refractivity contribution >= 4 is 11.6 Å². The molecule has 160 valence electrons. The number of halogens is 3. The number of alkyl halides is 3. The minimum Gasteiger partial charge on any atom is -0.399 e. The normalized spacial score (nSPS) is 18.2. The number of carbonyl (C=O) groups excluding carboxylic acids is 1. The van der Waals surface area contributed by atoms with Crippen molar-refractivity contribution in [2.45, 2.75) is 32.5 Å². The lowest BCUT2D eigenvalue weighted by Crippen LogP contribution is -2.38. The Morgan fingerprint density at radius 3 is 2.70 bits per heavy atom. The van der Waals surface area contributed by atoms with E-state index in [9.17, 15) is 23.1 Å². The molecule has 1 atom stereocenters. The van der Waals surface area contributed by atoms with E-state index in [2.05, 4.69) is 10.1 Å². The molecule has 6 nitrogen and oxygen atoms in total. The first-order valence-electron chi connectivity index (χ1n) is 9.32. The van der Waals surface area contributed by atoms with Crippen molar-refractivity contribution in [2.75, 3.05) is 20.3 Å². The first kappa shape index (κ1) is 21.8. The van der Waals surface area contributed by atoms with Gasteiger partial charge in [-0.2, -0.15) is 13.2 Å². The standard InChI is InChI=1S/C21H22F3N3O3/c1-12-5-4-6-16(13(12)2)17-9-25-19(8-18(17)21(22,23)24)20(29)27-10-14(26-30-3)7-15(27)11-28/h4-6,8-9,15,28H,7,10-11H2,1-3H3/b26-14+. The lowest BCUT2D eigenvalue weighted by atomic mass is 9.94. The van der Waals surface area contributed by atoms with Gasteiger partial charge in [-0.15, -0.1) is 0 Å². The fourth-order valence-corrected chi connectivity index (χ4v) is 3.58. The molecule has 1 aromatic heterocycles. The van der Waals surface area contributed by atoms with Gasteiger partial charge in [-0.05, 0) is 36.6 Å². The quantitative estimate of drug-likeness (QED) is 0.766. The number of hydrogen-bond donors (Lipinski definition) is 1. The zero-order valence-corrected chi connectivity index (χ0v) is 16.8. The van der Waals surface area contributed by atoms with E-state index in [4.69, 9.17) is 4.84 Å². The molecule has 0 saturated carbocycles. The third kappa shape index (κ3) is 4.16. The summed E-state index contributed by atoms with van der Waals surface area (Å²) in [7, 11) is 1.36. The van der Waals surface area contributed by atoms with E-state index in [1.807, 2.05) is 13.0 Å².